The molecule has 1 amide bonds. The van der Waals surface area contributed by atoms with E-state index in [4.69, 9.17) is 16.3 Å². The van der Waals surface area contributed by atoms with Gasteiger partial charge in [0, 0.05) is 5.02 Å². The van der Waals surface area contributed by atoms with Crippen LogP contribution in [0.5, 0.6) is 0 Å². The summed E-state index contributed by atoms with van der Waals surface area (Å²) in [4.78, 5) is 11.8. The van der Waals surface area contributed by atoms with Crippen LogP contribution < -0.4 is 5.32 Å². The highest BCUT2D eigenvalue weighted by Crippen LogP contribution is 2.23. The molecular formula is C20H24ClNO3. The summed E-state index contributed by atoms with van der Waals surface area (Å²) >= 11 is 6.03. The molecule has 0 fully saturated rings. The lowest BCUT2D eigenvalue weighted by Crippen LogP contribution is -2.42. The maximum atomic E-state index is 11.8. The number of nitrogens with one attached hydrogen (secondary N) is 1. The number of amides is 1. The molecule has 2 N–H and O–H groups in total. The van der Waals surface area contributed by atoms with Crippen molar-refractivity contribution in [1.29, 1.82) is 0 Å². The molecule has 0 heterocycles. The lowest BCUT2D eigenvalue weighted by molar-refractivity contribution is 0.0483. The van der Waals surface area contributed by atoms with E-state index in [1.54, 1.807) is 20.8 Å². The van der Waals surface area contributed by atoms with E-state index >= 15 is 0 Å². The van der Waals surface area contributed by atoms with Crippen LogP contribution in [0.4, 0.5) is 4.79 Å². The highest BCUT2D eigenvalue weighted by atomic mass is 35.5. The van der Waals surface area contributed by atoms with Gasteiger partial charge in [0.2, 0.25) is 0 Å². The third kappa shape index (κ3) is 6.40. The second-order valence-corrected chi connectivity index (χ2v) is 7.37. The Morgan fingerprint density at radius 3 is 2.40 bits per heavy atom. The van der Waals surface area contributed by atoms with E-state index in [0.29, 0.717) is 11.4 Å². The number of halogens is 1. The monoisotopic (exact) mass is 361 g/mol. The predicted molar refractivity (Wildman–Crippen MR) is 101 cm³/mol. The van der Waals surface area contributed by atoms with E-state index < -0.39 is 17.7 Å². The van der Waals surface area contributed by atoms with E-state index in [1.165, 1.54) is 0 Å². The number of benzene rings is 2. The lowest BCUT2D eigenvalue weighted by Gasteiger charge is -2.22. The quantitative estimate of drug-likeness (QED) is 0.827. The molecule has 0 saturated heterocycles. The Bertz CT molecular complexity index is 708. The van der Waals surface area contributed by atoms with Gasteiger partial charge in [0.05, 0.1) is 12.6 Å². The summed E-state index contributed by atoms with van der Waals surface area (Å²) in [6.07, 6.45) is -0.00642. The van der Waals surface area contributed by atoms with Crippen LogP contribution in [0.3, 0.4) is 0 Å². The van der Waals surface area contributed by atoms with Gasteiger partial charge >= 0.3 is 6.09 Å². The molecule has 2 aromatic rings. The molecule has 0 aromatic heterocycles. The van der Waals surface area contributed by atoms with Gasteiger partial charge in [-0.3, -0.25) is 0 Å². The molecule has 0 radical (unpaired) electrons. The minimum atomic E-state index is -0.567. The van der Waals surface area contributed by atoms with Crippen molar-refractivity contribution < 1.29 is 14.6 Å². The number of hydrogen-bond donors (Lipinski definition) is 2. The number of aliphatic hydroxyl groups excluding tert-OH is 1. The van der Waals surface area contributed by atoms with Gasteiger partial charge in [0.15, 0.2) is 0 Å². The van der Waals surface area contributed by atoms with Crippen LogP contribution >= 0.6 is 11.6 Å². The van der Waals surface area contributed by atoms with Gasteiger partial charge in [-0.25, -0.2) is 4.79 Å². The first-order valence-corrected chi connectivity index (χ1v) is 8.60. The van der Waals surface area contributed by atoms with E-state index in [2.05, 4.69) is 5.32 Å². The fourth-order valence-corrected chi connectivity index (χ4v) is 2.61. The molecule has 2 rings (SSSR count). The summed E-state index contributed by atoms with van der Waals surface area (Å²) in [5, 5.41) is 12.9. The molecule has 134 valence electrons. The van der Waals surface area contributed by atoms with Gasteiger partial charge in [0.1, 0.15) is 5.60 Å². The van der Waals surface area contributed by atoms with Crippen molar-refractivity contribution in [2.45, 2.75) is 38.8 Å². The van der Waals surface area contributed by atoms with E-state index in [-0.39, 0.29) is 6.61 Å². The maximum Gasteiger partial charge on any atom is 0.407 e. The fourth-order valence-electron chi connectivity index (χ4n) is 2.42. The molecule has 0 aliphatic carbocycles. The molecule has 25 heavy (non-hydrogen) atoms. The van der Waals surface area contributed by atoms with Crippen molar-refractivity contribution in [3.63, 3.8) is 0 Å². The van der Waals surface area contributed by atoms with Crippen molar-refractivity contribution in [3.05, 3.63) is 59.1 Å². The summed E-state index contributed by atoms with van der Waals surface area (Å²) in [6.45, 7) is 5.24. The predicted octanol–water partition coefficient (Wildman–Crippen LogP) is 4.44. The van der Waals surface area contributed by atoms with Crippen LogP contribution in [0.1, 0.15) is 26.3 Å². The van der Waals surface area contributed by atoms with Crippen LogP contribution in [-0.4, -0.2) is 29.4 Å². The molecule has 0 bridgehead atoms. The molecule has 0 aliphatic rings. The fraction of sp³-hybridized carbons (Fsp3) is 0.350. The Hall–Kier alpha value is -2.04. The van der Waals surface area contributed by atoms with Gasteiger partial charge in [-0.15, -0.1) is 0 Å². The molecule has 0 aliphatic heterocycles. The van der Waals surface area contributed by atoms with Gasteiger partial charge in [0.25, 0.3) is 0 Å². The third-order valence-electron chi connectivity index (χ3n) is 3.54. The summed E-state index contributed by atoms with van der Waals surface area (Å²) in [5.41, 5.74) is 2.56. The third-order valence-corrected chi connectivity index (χ3v) is 3.77. The van der Waals surface area contributed by atoms with E-state index in [9.17, 15) is 9.90 Å². The zero-order valence-electron chi connectivity index (χ0n) is 14.8. The van der Waals surface area contributed by atoms with Gasteiger partial charge < -0.3 is 15.2 Å². The molecule has 4 nitrogen and oxygen atoms in total. The van der Waals surface area contributed by atoms with Crippen LogP contribution in [0.15, 0.2) is 48.5 Å². The Morgan fingerprint density at radius 1 is 1.16 bits per heavy atom. The summed E-state index contributed by atoms with van der Waals surface area (Å²) in [5.74, 6) is 0. The molecular weight excluding hydrogens is 338 g/mol. The van der Waals surface area contributed by atoms with Crippen molar-refractivity contribution in [2.24, 2.45) is 0 Å². The van der Waals surface area contributed by atoms with Crippen molar-refractivity contribution >= 4 is 17.7 Å². The normalized spacial score (nSPS) is 12.5. The number of alkyl carbamates (subject to hydrolysis) is 1. The topological polar surface area (TPSA) is 58.6 Å². The van der Waals surface area contributed by atoms with E-state index in [1.807, 2.05) is 48.5 Å². The second kappa shape index (κ2) is 8.37. The minimum absolute atomic E-state index is 0.157. The zero-order chi connectivity index (χ0) is 18.4. The van der Waals surface area contributed by atoms with Crippen molar-refractivity contribution in [2.75, 3.05) is 6.61 Å². The molecule has 5 heteroatoms. The molecule has 0 saturated carbocycles. The lowest BCUT2D eigenvalue weighted by atomic mass is 10.0. The zero-order valence-corrected chi connectivity index (χ0v) is 15.5. The molecule has 0 spiro atoms. The van der Waals surface area contributed by atoms with Crippen LogP contribution in [0.2, 0.25) is 5.02 Å². The minimum Gasteiger partial charge on any atom is -0.444 e. The molecule has 1 atom stereocenters. The average Bonchev–Trinajstić information content (AvgIpc) is 2.53. The van der Waals surface area contributed by atoms with Crippen LogP contribution in [0.25, 0.3) is 11.1 Å². The average molecular weight is 362 g/mol. The first-order chi connectivity index (χ1) is 11.8. The Labute approximate surface area is 153 Å². The van der Waals surface area contributed by atoms with E-state index in [0.717, 1.165) is 16.7 Å². The number of rotatable bonds is 5. The first-order valence-electron chi connectivity index (χ1n) is 8.22. The maximum absolute atomic E-state index is 11.8. The number of ether oxygens (including phenoxy) is 1. The van der Waals surface area contributed by atoms with Crippen LogP contribution in [0, 0.1) is 0 Å². The molecule has 1 unspecified atom stereocenters. The standard InChI is InChI=1S/C20H24ClNO3/c1-20(2,3)25-19(24)22-18(13-23)11-14-7-9-15(10-8-14)16-5-4-6-17(21)12-16/h4-10,12,18,23H,11,13H2,1-3H3,(H,22,24). The Balaban J connectivity index is 2.00. The SMILES string of the molecule is CC(C)(C)OC(=O)NC(CO)Cc1ccc(-c2cccc(Cl)c2)cc1. The number of aliphatic hydroxyl groups is 1. The Kier molecular flexibility index (Phi) is 6.45. The van der Waals surface area contributed by atoms with Gasteiger partial charge in [-0.1, -0.05) is 48.0 Å². The van der Waals surface area contributed by atoms with Crippen molar-refractivity contribution in [1.82, 2.24) is 5.32 Å². The van der Waals surface area contributed by atoms with Crippen molar-refractivity contribution in [3.8, 4) is 11.1 Å². The number of carbonyl (C=O) groups excluding carboxylic acids is 1. The summed E-state index contributed by atoms with van der Waals surface area (Å²) in [6, 6.07) is 15.2. The largest absolute Gasteiger partial charge is 0.444 e. The first kappa shape index (κ1) is 19.3. The second-order valence-electron chi connectivity index (χ2n) is 6.94. The van der Waals surface area contributed by atoms with Crippen LogP contribution in [-0.2, 0) is 11.2 Å². The smallest absolute Gasteiger partial charge is 0.407 e. The summed E-state index contributed by atoms with van der Waals surface area (Å²) < 4.78 is 5.22. The number of hydrogen-bond acceptors (Lipinski definition) is 3. The molecule has 2 aromatic carbocycles. The Morgan fingerprint density at radius 2 is 1.84 bits per heavy atom. The highest BCUT2D eigenvalue weighted by Gasteiger charge is 2.19. The van der Waals surface area contributed by atoms with Gasteiger partial charge in [-0.05, 0) is 56.0 Å². The summed E-state index contributed by atoms with van der Waals surface area (Å²) in [7, 11) is 0. The number of carbonyl (C=O) groups is 1. The van der Waals surface area contributed by atoms with Gasteiger partial charge in [-0.2, -0.15) is 0 Å². The highest BCUT2D eigenvalue weighted by molar-refractivity contribution is 6.30.